The van der Waals surface area contributed by atoms with E-state index in [0.717, 1.165) is 11.1 Å². The molecule has 1 aromatic heterocycles. The molecular formula is C15H19N3OS. The Morgan fingerprint density at radius 2 is 2.15 bits per heavy atom. The third kappa shape index (κ3) is 2.74. The molecule has 1 saturated carbocycles. The van der Waals surface area contributed by atoms with Crippen molar-refractivity contribution in [3.05, 3.63) is 30.1 Å². The van der Waals surface area contributed by atoms with E-state index < -0.39 is 11.4 Å². The quantitative estimate of drug-likeness (QED) is 0.643. The van der Waals surface area contributed by atoms with Crippen molar-refractivity contribution >= 4 is 28.6 Å². The van der Waals surface area contributed by atoms with Crippen LogP contribution in [0.15, 0.2) is 28.9 Å². The Hall–Kier alpha value is -1.33. The molecule has 20 heavy (non-hydrogen) atoms. The van der Waals surface area contributed by atoms with Crippen LogP contribution in [0.5, 0.6) is 0 Å². The van der Waals surface area contributed by atoms with E-state index in [-0.39, 0.29) is 4.75 Å². The maximum Gasteiger partial charge on any atom is 0.144 e. The minimum Gasteiger partial charge on any atom is -0.591 e. The Labute approximate surface area is 122 Å². The van der Waals surface area contributed by atoms with Crippen molar-refractivity contribution in [2.24, 2.45) is 4.40 Å². The Morgan fingerprint density at radius 1 is 1.40 bits per heavy atom. The van der Waals surface area contributed by atoms with Gasteiger partial charge in [-0.05, 0) is 51.3 Å². The second kappa shape index (κ2) is 4.90. The number of benzene rings is 1. The molecule has 0 spiro atoms. The van der Waals surface area contributed by atoms with E-state index in [9.17, 15) is 4.55 Å². The number of imidazole rings is 1. The number of hydrogen-bond donors (Lipinski definition) is 0. The molecule has 0 unspecified atom stereocenters. The number of hydrogen-bond acceptors (Lipinski definition) is 3. The normalized spacial score (nSPS) is 18.0. The third-order valence-electron chi connectivity index (χ3n) is 3.36. The fraction of sp³-hybridized carbons (Fsp3) is 0.467. The van der Waals surface area contributed by atoms with Gasteiger partial charge in [-0.2, -0.15) is 0 Å². The van der Waals surface area contributed by atoms with Crippen LogP contribution in [0.3, 0.4) is 0 Å². The summed E-state index contributed by atoms with van der Waals surface area (Å²) in [5.41, 5.74) is 3.08. The molecule has 0 saturated heterocycles. The Bertz CT molecular complexity index is 653. The zero-order valence-corrected chi connectivity index (χ0v) is 12.9. The first kappa shape index (κ1) is 13.6. The molecule has 1 atom stereocenters. The predicted octanol–water partition coefficient (Wildman–Crippen LogP) is 3.25. The van der Waals surface area contributed by atoms with Crippen molar-refractivity contribution in [2.75, 3.05) is 0 Å². The first-order valence-corrected chi connectivity index (χ1v) is 7.98. The smallest absolute Gasteiger partial charge is 0.144 e. The summed E-state index contributed by atoms with van der Waals surface area (Å²) in [7, 11) is 0. The maximum atomic E-state index is 11.9. The van der Waals surface area contributed by atoms with Crippen LogP contribution >= 0.6 is 0 Å². The molecule has 3 rings (SSSR count). The standard InChI is InChI=1S/C15H19N3OS/c1-15(2,3)20(19)17-9-11-4-7-14-13(8-11)16-10-18(14)12-5-6-12/h4,7-10,12H,5-6H2,1-3H3/b17-9+/t20-/m1/s1. The zero-order chi connectivity index (χ0) is 14.3. The molecule has 0 N–H and O–H groups in total. The van der Waals surface area contributed by atoms with Gasteiger partial charge in [-0.1, -0.05) is 10.5 Å². The first-order valence-electron chi connectivity index (χ1n) is 6.88. The number of rotatable bonds is 3. The second-order valence-corrected chi connectivity index (χ2v) is 8.16. The summed E-state index contributed by atoms with van der Waals surface area (Å²) in [6.45, 7) is 5.75. The lowest BCUT2D eigenvalue weighted by molar-refractivity contribution is 0.562. The minimum absolute atomic E-state index is 0.325. The van der Waals surface area contributed by atoms with Gasteiger partial charge in [0.2, 0.25) is 0 Å². The van der Waals surface area contributed by atoms with Crippen molar-refractivity contribution in [1.29, 1.82) is 0 Å². The monoisotopic (exact) mass is 289 g/mol. The van der Waals surface area contributed by atoms with E-state index in [0.29, 0.717) is 6.04 Å². The largest absolute Gasteiger partial charge is 0.591 e. The van der Waals surface area contributed by atoms with Gasteiger partial charge in [-0.3, -0.25) is 0 Å². The van der Waals surface area contributed by atoms with Crippen LogP contribution in [0.2, 0.25) is 0 Å². The summed E-state index contributed by atoms with van der Waals surface area (Å²) in [5, 5.41) is 0. The van der Waals surface area contributed by atoms with Crippen LogP contribution in [0.1, 0.15) is 45.2 Å². The average molecular weight is 289 g/mol. The lowest BCUT2D eigenvalue weighted by Gasteiger charge is -2.17. The topological polar surface area (TPSA) is 53.2 Å². The molecule has 0 amide bonds. The van der Waals surface area contributed by atoms with Crippen LogP contribution in [0.4, 0.5) is 0 Å². The molecule has 5 heteroatoms. The van der Waals surface area contributed by atoms with E-state index >= 15 is 0 Å². The van der Waals surface area contributed by atoms with Crippen LogP contribution in [-0.4, -0.2) is 25.1 Å². The van der Waals surface area contributed by atoms with Gasteiger partial charge < -0.3 is 9.12 Å². The van der Waals surface area contributed by atoms with Gasteiger partial charge in [0.1, 0.15) is 16.1 Å². The number of aromatic nitrogens is 2. The highest BCUT2D eigenvalue weighted by Gasteiger charge is 2.26. The molecule has 4 nitrogen and oxygen atoms in total. The van der Waals surface area contributed by atoms with Crippen LogP contribution in [-0.2, 0) is 11.4 Å². The van der Waals surface area contributed by atoms with Gasteiger partial charge in [0.15, 0.2) is 0 Å². The van der Waals surface area contributed by atoms with Gasteiger partial charge in [-0.15, -0.1) is 0 Å². The number of fused-ring (bicyclic) bond motifs is 1. The van der Waals surface area contributed by atoms with Gasteiger partial charge in [0.25, 0.3) is 0 Å². The van der Waals surface area contributed by atoms with E-state index in [1.807, 2.05) is 39.2 Å². The SMILES string of the molecule is CC(C)(C)[S@@+]([O-])/N=C/c1ccc2c(c1)ncn2C1CC1. The van der Waals surface area contributed by atoms with Crippen LogP contribution in [0.25, 0.3) is 11.0 Å². The van der Waals surface area contributed by atoms with Crippen LogP contribution in [0, 0.1) is 0 Å². The molecule has 0 bridgehead atoms. The summed E-state index contributed by atoms with van der Waals surface area (Å²) in [4.78, 5) is 4.44. The van der Waals surface area contributed by atoms with Gasteiger partial charge in [0, 0.05) is 6.04 Å². The molecule has 1 aliphatic carbocycles. The molecule has 1 fully saturated rings. The summed E-state index contributed by atoms with van der Waals surface area (Å²) < 4.78 is 18.0. The van der Waals surface area contributed by atoms with Crippen molar-refractivity contribution in [3.63, 3.8) is 0 Å². The third-order valence-corrected chi connectivity index (χ3v) is 4.71. The fourth-order valence-electron chi connectivity index (χ4n) is 2.04. The highest BCUT2D eigenvalue weighted by atomic mass is 32.2. The highest BCUT2D eigenvalue weighted by Crippen LogP contribution is 2.37. The minimum atomic E-state index is -1.22. The van der Waals surface area contributed by atoms with Crippen LogP contribution < -0.4 is 0 Å². The lowest BCUT2D eigenvalue weighted by Crippen LogP contribution is -2.25. The van der Waals surface area contributed by atoms with E-state index in [2.05, 4.69) is 20.0 Å². The molecular weight excluding hydrogens is 270 g/mol. The van der Waals surface area contributed by atoms with Crippen molar-refractivity contribution in [1.82, 2.24) is 9.55 Å². The molecule has 0 aliphatic heterocycles. The van der Waals surface area contributed by atoms with Crippen molar-refractivity contribution in [3.8, 4) is 0 Å². The molecule has 1 aromatic carbocycles. The second-order valence-electron chi connectivity index (χ2n) is 6.23. The van der Waals surface area contributed by atoms with Crippen molar-refractivity contribution in [2.45, 2.75) is 44.4 Å². The first-order chi connectivity index (χ1) is 9.45. The Balaban J connectivity index is 1.84. The molecule has 2 aromatic rings. The molecule has 106 valence electrons. The fourth-order valence-corrected chi connectivity index (χ4v) is 2.57. The Kier molecular flexibility index (Phi) is 3.34. The zero-order valence-electron chi connectivity index (χ0n) is 12.0. The highest BCUT2D eigenvalue weighted by molar-refractivity contribution is 7.91. The van der Waals surface area contributed by atoms with Crippen molar-refractivity contribution < 1.29 is 4.55 Å². The molecule has 1 heterocycles. The van der Waals surface area contributed by atoms with E-state index in [1.54, 1.807) is 6.21 Å². The summed E-state index contributed by atoms with van der Waals surface area (Å²) in [6.07, 6.45) is 6.09. The Morgan fingerprint density at radius 3 is 2.80 bits per heavy atom. The van der Waals surface area contributed by atoms with E-state index in [4.69, 9.17) is 0 Å². The lowest BCUT2D eigenvalue weighted by atomic mass is 10.2. The summed E-state index contributed by atoms with van der Waals surface area (Å²) in [5.74, 6) is 0. The average Bonchev–Trinajstić information content (AvgIpc) is 3.15. The molecule has 0 radical (unpaired) electrons. The van der Waals surface area contributed by atoms with Gasteiger partial charge in [0.05, 0.1) is 23.6 Å². The summed E-state index contributed by atoms with van der Waals surface area (Å²) >= 11 is -1.22. The molecule has 1 aliphatic rings. The van der Waals surface area contributed by atoms with E-state index in [1.165, 1.54) is 18.4 Å². The van der Waals surface area contributed by atoms with Gasteiger partial charge in [-0.25, -0.2) is 4.98 Å². The maximum absolute atomic E-state index is 11.9. The predicted molar refractivity (Wildman–Crippen MR) is 83.5 cm³/mol. The number of nitrogens with zero attached hydrogens (tertiary/aromatic N) is 3. The summed E-state index contributed by atoms with van der Waals surface area (Å²) in [6, 6.07) is 6.71. The van der Waals surface area contributed by atoms with Gasteiger partial charge >= 0.3 is 0 Å².